The summed E-state index contributed by atoms with van der Waals surface area (Å²) < 4.78 is 38.3. The lowest BCUT2D eigenvalue weighted by atomic mass is 10.1. The molecule has 2 aromatic carbocycles. The first-order valence-corrected chi connectivity index (χ1v) is 10.7. The van der Waals surface area contributed by atoms with Gasteiger partial charge in [0.25, 0.3) is 5.91 Å². The van der Waals surface area contributed by atoms with Gasteiger partial charge < -0.3 is 10.4 Å². The van der Waals surface area contributed by atoms with Crippen molar-refractivity contribution in [2.24, 2.45) is 0 Å². The minimum atomic E-state index is -4.35. The SMILES string of the molecule is O=C(N[C@H]1c2ccccc2C[C@H]1O)c1cnc2c(c1)CN(Cc1ccc(C(F)(F)F)cc1)C2. The Labute approximate surface area is 188 Å². The zero-order valence-corrected chi connectivity index (χ0v) is 17.6. The first-order valence-electron chi connectivity index (χ1n) is 10.7. The van der Waals surface area contributed by atoms with Crippen molar-refractivity contribution >= 4 is 5.91 Å². The molecule has 0 bridgehead atoms. The monoisotopic (exact) mass is 453 g/mol. The van der Waals surface area contributed by atoms with Crippen LogP contribution in [0.1, 0.15) is 49.9 Å². The van der Waals surface area contributed by atoms with E-state index in [-0.39, 0.29) is 5.91 Å². The molecule has 1 aliphatic heterocycles. The van der Waals surface area contributed by atoms with E-state index < -0.39 is 23.9 Å². The standard InChI is InChI=1S/C25H22F3N3O2/c26-25(27,28)19-7-5-15(6-8-19)12-31-13-18-9-17(11-29-21(18)14-31)24(33)30-23-20-4-2-1-3-16(20)10-22(23)32/h1-9,11,22-23,32H,10,12-14H2,(H,30,33)/t22-,23+/m1/s1. The molecule has 2 aliphatic rings. The van der Waals surface area contributed by atoms with E-state index in [0.717, 1.165) is 40.1 Å². The Hall–Kier alpha value is -3.23. The van der Waals surface area contributed by atoms with Crippen LogP contribution >= 0.6 is 0 Å². The molecule has 2 atom stereocenters. The molecule has 0 unspecified atom stereocenters. The highest BCUT2D eigenvalue weighted by molar-refractivity contribution is 5.94. The van der Waals surface area contributed by atoms with Crippen LogP contribution in [0.4, 0.5) is 13.2 Å². The molecule has 0 radical (unpaired) electrons. The van der Waals surface area contributed by atoms with Crippen molar-refractivity contribution in [3.63, 3.8) is 0 Å². The number of carbonyl (C=O) groups excluding carboxylic acids is 1. The Balaban J connectivity index is 1.25. The summed E-state index contributed by atoms with van der Waals surface area (Å²) in [4.78, 5) is 19.4. The quantitative estimate of drug-likeness (QED) is 0.627. The first kappa shape index (κ1) is 21.6. The number of halogens is 3. The van der Waals surface area contributed by atoms with Gasteiger partial charge in [-0.25, -0.2) is 0 Å². The van der Waals surface area contributed by atoms with Crippen LogP contribution in [0.5, 0.6) is 0 Å². The average Bonchev–Trinajstić information content (AvgIpc) is 3.32. The Kier molecular flexibility index (Phi) is 5.42. The summed E-state index contributed by atoms with van der Waals surface area (Å²) in [6.45, 7) is 1.60. The fraction of sp³-hybridized carbons (Fsp3) is 0.280. The van der Waals surface area contributed by atoms with Crippen LogP contribution in [0.3, 0.4) is 0 Å². The molecule has 5 rings (SSSR count). The van der Waals surface area contributed by atoms with Gasteiger partial charge in [0.1, 0.15) is 0 Å². The van der Waals surface area contributed by atoms with E-state index in [0.29, 0.717) is 31.6 Å². The second-order valence-electron chi connectivity index (χ2n) is 8.59. The Bertz CT molecular complexity index is 1190. The summed E-state index contributed by atoms with van der Waals surface area (Å²) in [6, 6.07) is 14.2. The third kappa shape index (κ3) is 4.36. The van der Waals surface area contributed by atoms with Crippen molar-refractivity contribution in [1.82, 2.24) is 15.2 Å². The van der Waals surface area contributed by atoms with E-state index in [2.05, 4.69) is 15.2 Å². The third-order valence-corrected chi connectivity index (χ3v) is 6.27. The fourth-order valence-electron chi connectivity index (χ4n) is 4.59. The molecule has 1 aliphatic carbocycles. The topological polar surface area (TPSA) is 65.5 Å². The largest absolute Gasteiger partial charge is 0.416 e. The van der Waals surface area contributed by atoms with Gasteiger partial charge in [-0.05, 0) is 40.5 Å². The second kappa shape index (κ2) is 8.28. The van der Waals surface area contributed by atoms with E-state index in [1.54, 1.807) is 6.07 Å². The molecule has 0 spiro atoms. The number of aromatic nitrogens is 1. The lowest BCUT2D eigenvalue weighted by Crippen LogP contribution is -2.34. The highest BCUT2D eigenvalue weighted by Crippen LogP contribution is 2.32. The van der Waals surface area contributed by atoms with E-state index in [1.165, 1.54) is 18.3 Å². The summed E-state index contributed by atoms with van der Waals surface area (Å²) in [5.74, 6) is -0.299. The van der Waals surface area contributed by atoms with E-state index in [9.17, 15) is 23.1 Å². The summed E-state index contributed by atoms with van der Waals surface area (Å²) >= 11 is 0. The predicted octanol–water partition coefficient (Wildman–Crippen LogP) is 4.00. The van der Waals surface area contributed by atoms with Gasteiger partial charge in [-0.15, -0.1) is 0 Å². The average molecular weight is 453 g/mol. The predicted molar refractivity (Wildman–Crippen MR) is 115 cm³/mol. The molecule has 1 amide bonds. The summed E-state index contributed by atoms with van der Waals surface area (Å²) in [5.41, 5.74) is 4.26. The molecule has 5 nitrogen and oxygen atoms in total. The van der Waals surface area contributed by atoms with Crippen LogP contribution in [0, 0.1) is 0 Å². The van der Waals surface area contributed by atoms with Crippen molar-refractivity contribution in [2.75, 3.05) is 0 Å². The molecule has 3 aromatic rings. The van der Waals surface area contributed by atoms with E-state index >= 15 is 0 Å². The maximum absolute atomic E-state index is 12.9. The van der Waals surface area contributed by atoms with E-state index in [4.69, 9.17) is 0 Å². The first-order chi connectivity index (χ1) is 15.8. The molecular weight excluding hydrogens is 431 g/mol. The minimum Gasteiger partial charge on any atom is -0.390 e. The molecule has 170 valence electrons. The second-order valence-corrected chi connectivity index (χ2v) is 8.59. The summed E-state index contributed by atoms with van der Waals surface area (Å²) in [5, 5.41) is 13.3. The lowest BCUT2D eigenvalue weighted by Gasteiger charge is -2.18. The van der Waals surface area contributed by atoms with Gasteiger partial charge in [-0.1, -0.05) is 36.4 Å². The number of amides is 1. The van der Waals surface area contributed by atoms with Gasteiger partial charge >= 0.3 is 6.18 Å². The van der Waals surface area contributed by atoms with Crippen molar-refractivity contribution in [3.8, 4) is 0 Å². The zero-order chi connectivity index (χ0) is 23.2. The van der Waals surface area contributed by atoms with Gasteiger partial charge in [0.15, 0.2) is 0 Å². The number of hydrogen-bond acceptors (Lipinski definition) is 4. The smallest absolute Gasteiger partial charge is 0.390 e. The Morgan fingerprint density at radius 3 is 2.61 bits per heavy atom. The maximum atomic E-state index is 12.9. The van der Waals surface area contributed by atoms with Crippen molar-refractivity contribution in [2.45, 2.75) is 44.4 Å². The number of rotatable bonds is 4. The molecule has 33 heavy (non-hydrogen) atoms. The minimum absolute atomic E-state index is 0.299. The number of nitrogens with zero attached hydrogens (tertiary/aromatic N) is 2. The van der Waals surface area contributed by atoms with Gasteiger partial charge in [-0.2, -0.15) is 13.2 Å². The Morgan fingerprint density at radius 2 is 1.85 bits per heavy atom. The van der Waals surface area contributed by atoms with Gasteiger partial charge in [0.2, 0.25) is 0 Å². The summed E-state index contributed by atoms with van der Waals surface area (Å²) in [6.07, 6.45) is -2.99. The van der Waals surface area contributed by atoms with Crippen molar-refractivity contribution in [3.05, 3.63) is 99.9 Å². The zero-order valence-electron chi connectivity index (χ0n) is 17.6. The molecule has 2 heterocycles. The molecule has 0 saturated carbocycles. The number of benzene rings is 2. The van der Waals surface area contributed by atoms with Gasteiger partial charge in [-0.3, -0.25) is 14.7 Å². The number of hydrogen-bond donors (Lipinski definition) is 2. The number of aliphatic hydroxyl groups excluding tert-OH is 1. The van der Waals surface area contributed by atoms with Crippen LogP contribution in [0.15, 0.2) is 60.8 Å². The maximum Gasteiger partial charge on any atom is 0.416 e. The molecular formula is C25H22F3N3O2. The molecule has 2 N–H and O–H groups in total. The molecule has 1 aromatic heterocycles. The van der Waals surface area contributed by atoms with Crippen molar-refractivity contribution < 1.29 is 23.1 Å². The van der Waals surface area contributed by atoms with Crippen LogP contribution < -0.4 is 5.32 Å². The van der Waals surface area contributed by atoms with Crippen LogP contribution in [0.2, 0.25) is 0 Å². The number of alkyl halides is 3. The normalized spacial score (nSPS) is 19.9. The van der Waals surface area contributed by atoms with Crippen LogP contribution in [-0.2, 0) is 32.2 Å². The van der Waals surface area contributed by atoms with Gasteiger partial charge in [0, 0.05) is 32.3 Å². The summed E-state index contributed by atoms with van der Waals surface area (Å²) in [7, 11) is 0. The highest BCUT2D eigenvalue weighted by Gasteiger charge is 2.33. The number of nitrogens with one attached hydrogen (secondary N) is 1. The van der Waals surface area contributed by atoms with Crippen molar-refractivity contribution in [1.29, 1.82) is 0 Å². The molecule has 0 saturated heterocycles. The number of pyridine rings is 1. The number of fused-ring (bicyclic) bond motifs is 2. The Morgan fingerprint density at radius 1 is 1.09 bits per heavy atom. The number of aliphatic hydroxyl groups is 1. The fourth-order valence-corrected chi connectivity index (χ4v) is 4.59. The highest BCUT2D eigenvalue weighted by atomic mass is 19.4. The van der Waals surface area contributed by atoms with E-state index in [1.807, 2.05) is 24.3 Å². The number of carbonyl (C=O) groups is 1. The van der Waals surface area contributed by atoms with Gasteiger partial charge in [0.05, 0.1) is 29.0 Å². The molecule has 8 heteroatoms. The lowest BCUT2D eigenvalue weighted by molar-refractivity contribution is -0.137. The molecule has 0 fully saturated rings. The van der Waals surface area contributed by atoms with Crippen LogP contribution in [-0.4, -0.2) is 27.0 Å². The van der Waals surface area contributed by atoms with Crippen LogP contribution in [0.25, 0.3) is 0 Å². The third-order valence-electron chi connectivity index (χ3n) is 6.27.